The Morgan fingerprint density at radius 3 is 2.81 bits per heavy atom. The smallest absolute Gasteiger partial charge is 0.150 e. The molecule has 0 bridgehead atoms. The van der Waals surface area contributed by atoms with E-state index < -0.39 is 9.84 Å². The number of rotatable bonds is 3. The van der Waals surface area contributed by atoms with Crippen LogP contribution in [0.4, 0.5) is 5.69 Å². The molecule has 1 aromatic carbocycles. The molecule has 1 saturated heterocycles. The fraction of sp³-hybridized carbons (Fsp3) is 0.625. The second-order valence-electron chi connectivity index (χ2n) is 6.57. The van der Waals surface area contributed by atoms with Crippen molar-refractivity contribution in [2.45, 2.75) is 32.6 Å². The van der Waals surface area contributed by atoms with Gasteiger partial charge in [0.15, 0.2) is 0 Å². The first-order valence-corrected chi connectivity index (χ1v) is 9.49. The van der Waals surface area contributed by atoms with Gasteiger partial charge in [-0.05, 0) is 37.3 Å². The summed E-state index contributed by atoms with van der Waals surface area (Å²) in [7, 11) is -2.82. The van der Waals surface area contributed by atoms with E-state index in [-0.39, 0.29) is 16.9 Å². The number of fused-ring (bicyclic) bond motifs is 1. The van der Waals surface area contributed by atoms with Crippen molar-refractivity contribution in [3.63, 3.8) is 0 Å². The fourth-order valence-corrected chi connectivity index (χ4v) is 4.84. The van der Waals surface area contributed by atoms with Crippen molar-refractivity contribution >= 4 is 15.5 Å². The average Bonchev–Trinajstić information content (AvgIpc) is 2.49. The van der Waals surface area contributed by atoms with Crippen LogP contribution in [0.1, 0.15) is 31.7 Å². The van der Waals surface area contributed by atoms with Gasteiger partial charge in [0.05, 0.1) is 23.8 Å². The molecule has 3 rings (SSSR count). The van der Waals surface area contributed by atoms with Gasteiger partial charge in [0.1, 0.15) is 15.6 Å². The predicted molar refractivity (Wildman–Crippen MR) is 84.7 cm³/mol. The van der Waals surface area contributed by atoms with Crippen LogP contribution < -0.4 is 10.1 Å². The number of hydrogen-bond donors (Lipinski definition) is 1. The quantitative estimate of drug-likeness (QED) is 0.932. The standard InChI is InChI=1S/C16H23NO3S/c1-16(7-10-21(18,19)11-8-16)12-20-14-6-2-4-13-5-3-9-17-15(13)14/h2,4,6,17H,3,5,7-12H2,1H3. The van der Waals surface area contributed by atoms with Crippen LogP contribution in [0.25, 0.3) is 0 Å². The second-order valence-corrected chi connectivity index (χ2v) is 8.88. The molecule has 4 nitrogen and oxygen atoms in total. The van der Waals surface area contributed by atoms with E-state index in [2.05, 4.69) is 18.3 Å². The van der Waals surface area contributed by atoms with Crippen LogP contribution in [0.5, 0.6) is 5.75 Å². The molecule has 0 radical (unpaired) electrons. The molecule has 1 fully saturated rings. The zero-order valence-corrected chi connectivity index (χ0v) is 13.3. The van der Waals surface area contributed by atoms with Crippen LogP contribution >= 0.6 is 0 Å². The lowest BCUT2D eigenvalue weighted by Crippen LogP contribution is -2.35. The predicted octanol–water partition coefficient (Wildman–Crippen LogP) is 2.64. The summed E-state index contributed by atoms with van der Waals surface area (Å²) in [5.41, 5.74) is 2.40. The van der Waals surface area contributed by atoms with Gasteiger partial charge in [-0.3, -0.25) is 0 Å². The molecule has 0 aromatic heterocycles. The lowest BCUT2D eigenvalue weighted by atomic mass is 9.85. The molecule has 0 aliphatic carbocycles. The summed E-state index contributed by atoms with van der Waals surface area (Å²) in [6, 6.07) is 6.18. The van der Waals surface area contributed by atoms with E-state index in [1.165, 1.54) is 5.56 Å². The van der Waals surface area contributed by atoms with Crippen LogP contribution in [0.2, 0.25) is 0 Å². The molecule has 0 saturated carbocycles. The Kier molecular flexibility index (Phi) is 3.86. The second kappa shape index (κ2) is 5.52. The molecule has 2 aliphatic rings. The Labute approximate surface area is 126 Å². The third kappa shape index (κ3) is 3.34. The Morgan fingerprint density at radius 1 is 1.29 bits per heavy atom. The molecule has 116 valence electrons. The third-order valence-electron chi connectivity index (χ3n) is 4.65. The van der Waals surface area contributed by atoms with Crippen LogP contribution in [0, 0.1) is 5.41 Å². The molecule has 0 atom stereocenters. The SMILES string of the molecule is CC1(COc2cccc3c2NCCC3)CCS(=O)(=O)CC1. The molecule has 1 N–H and O–H groups in total. The number of anilines is 1. The van der Waals surface area contributed by atoms with Gasteiger partial charge in [0.25, 0.3) is 0 Å². The van der Waals surface area contributed by atoms with E-state index in [1.54, 1.807) is 0 Å². The van der Waals surface area contributed by atoms with Crippen molar-refractivity contribution in [2.75, 3.05) is 30.0 Å². The minimum atomic E-state index is -2.82. The number of sulfone groups is 1. The van der Waals surface area contributed by atoms with E-state index in [0.29, 0.717) is 19.4 Å². The Hall–Kier alpha value is -1.23. The lowest BCUT2D eigenvalue weighted by molar-refractivity contribution is 0.149. The average molecular weight is 309 g/mol. The minimum Gasteiger partial charge on any atom is -0.491 e. The van der Waals surface area contributed by atoms with Gasteiger partial charge >= 0.3 is 0 Å². The first-order valence-electron chi connectivity index (χ1n) is 7.67. The Morgan fingerprint density at radius 2 is 2.05 bits per heavy atom. The molecular weight excluding hydrogens is 286 g/mol. The van der Waals surface area contributed by atoms with Gasteiger partial charge in [-0.25, -0.2) is 8.42 Å². The van der Waals surface area contributed by atoms with Crippen molar-refractivity contribution in [3.8, 4) is 5.75 Å². The molecular formula is C16H23NO3S. The summed E-state index contributed by atoms with van der Waals surface area (Å²) >= 11 is 0. The number of para-hydroxylation sites is 1. The van der Waals surface area contributed by atoms with Crippen LogP contribution in [-0.2, 0) is 16.3 Å². The van der Waals surface area contributed by atoms with Gasteiger partial charge < -0.3 is 10.1 Å². The third-order valence-corrected chi connectivity index (χ3v) is 6.30. The summed E-state index contributed by atoms with van der Waals surface area (Å²) in [6.45, 7) is 3.70. The van der Waals surface area contributed by atoms with Crippen molar-refractivity contribution in [1.82, 2.24) is 0 Å². The fourth-order valence-electron chi connectivity index (χ4n) is 3.03. The highest BCUT2D eigenvalue weighted by Crippen LogP contribution is 2.36. The summed E-state index contributed by atoms with van der Waals surface area (Å²) in [5.74, 6) is 1.48. The van der Waals surface area contributed by atoms with Crippen LogP contribution in [-0.4, -0.2) is 33.1 Å². The van der Waals surface area contributed by atoms with E-state index >= 15 is 0 Å². The maximum atomic E-state index is 11.6. The Bertz CT molecular complexity index is 610. The highest BCUT2D eigenvalue weighted by atomic mass is 32.2. The Balaban J connectivity index is 1.68. The molecule has 0 spiro atoms. The molecule has 1 aromatic rings. The summed E-state index contributed by atoms with van der Waals surface area (Å²) in [4.78, 5) is 0. The zero-order valence-electron chi connectivity index (χ0n) is 12.5. The van der Waals surface area contributed by atoms with E-state index in [9.17, 15) is 8.42 Å². The number of hydrogen-bond acceptors (Lipinski definition) is 4. The molecule has 0 unspecified atom stereocenters. The summed E-state index contributed by atoms with van der Waals surface area (Å²) < 4.78 is 29.2. The maximum absolute atomic E-state index is 11.6. The zero-order chi connectivity index (χ0) is 14.9. The van der Waals surface area contributed by atoms with Gasteiger partial charge in [0.2, 0.25) is 0 Å². The lowest BCUT2D eigenvalue weighted by Gasteiger charge is -2.33. The molecule has 0 amide bonds. The number of nitrogens with one attached hydrogen (secondary N) is 1. The van der Waals surface area contributed by atoms with Crippen molar-refractivity contribution in [3.05, 3.63) is 23.8 Å². The number of aryl methyl sites for hydroxylation is 1. The first kappa shape index (κ1) is 14.7. The number of ether oxygens (including phenoxy) is 1. The molecule has 5 heteroatoms. The molecule has 21 heavy (non-hydrogen) atoms. The highest BCUT2D eigenvalue weighted by Gasteiger charge is 2.34. The monoisotopic (exact) mass is 309 g/mol. The van der Waals surface area contributed by atoms with Gasteiger partial charge in [-0.2, -0.15) is 0 Å². The largest absolute Gasteiger partial charge is 0.491 e. The number of benzene rings is 1. The van der Waals surface area contributed by atoms with E-state index in [1.807, 2.05) is 12.1 Å². The normalized spacial score (nSPS) is 22.9. The first-order chi connectivity index (χ1) is 9.98. The topological polar surface area (TPSA) is 55.4 Å². The molecule has 2 aliphatic heterocycles. The summed E-state index contributed by atoms with van der Waals surface area (Å²) in [6.07, 6.45) is 3.64. The van der Waals surface area contributed by atoms with Crippen molar-refractivity contribution in [2.24, 2.45) is 5.41 Å². The van der Waals surface area contributed by atoms with E-state index in [4.69, 9.17) is 4.74 Å². The van der Waals surface area contributed by atoms with Crippen LogP contribution in [0.3, 0.4) is 0 Å². The van der Waals surface area contributed by atoms with Crippen LogP contribution in [0.15, 0.2) is 18.2 Å². The van der Waals surface area contributed by atoms with Gasteiger partial charge in [-0.1, -0.05) is 19.1 Å². The van der Waals surface area contributed by atoms with Crippen molar-refractivity contribution < 1.29 is 13.2 Å². The summed E-state index contributed by atoms with van der Waals surface area (Å²) in [5, 5.41) is 3.42. The van der Waals surface area contributed by atoms with E-state index in [0.717, 1.165) is 30.8 Å². The maximum Gasteiger partial charge on any atom is 0.150 e. The van der Waals surface area contributed by atoms with Gasteiger partial charge in [-0.15, -0.1) is 0 Å². The van der Waals surface area contributed by atoms with Gasteiger partial charge in [0, 0.05) is 12.0 Å². The van der Waals surface area contributed by atoms with Crippen molar-refractivity contribution in [1.29, 1.82) is 0 Å². The minimum absolute atomic E-state index is 0.0390. The highest BCUT2D eigenvalue weighted by molar-refractivity contribution is 7.91. The molecule has 2 heterocycles.